The largest absolute Gasteiger partial charge is 0.451 e. The highest BCUT2D eigenvalue weighted by molar-refractivity contribution is 6.33. The van der Waals surface area contributed by atoms with Crippen molar-refractivity contribution < 1.29 is 14.3 Å². The summed E-state index contributed by atoms with van der Waals surface area (Å²) in [5.41, 5.74) is 3.43. The summed E-state index contributed by atoms with van der Waals surface area (Å²) in [5.74, 6) is -0.879. The first-order valence-electron chi connectivity index (χ1n) is 8.99. The molecule has 1 aromatic heterocycles. The fraction of sp³-hybridized carbons (Fsp3) is 0.190. The molecular formula is C21H18ClN3O3. The molecule has 0 saturated carbocycles. The van der Waals surface area contributed by atoms with E-state index in [9.17, 15) is 9.59 Å². The highest BCUT2D eigenvalue weighted by atomic mass is 35.5. The number of hydrogen-bond donors (Lipinski definition) is 1. The number of nitrogens with one attached hydrogen (secondary N) is 1. The van der Waals surface area contributed by atoms with Crippen LogP contribution in [-0.4, -0.2) is 35.2 Å². The monoisotopic (exact) mass is 395 g/mol. The minimum absolute atomic E-state index is 0.168. The third-order valence-corrected chi connectivity index (χ3v) is 5.02. The topological polar surface area (TPSA) is 75.3 Å². The molecule has 0 aliphatic carbocycles. The molecule has 2 aromatic carbocycles. The highest BCUT2D eigenvalue weighted by Crippen LogP contribution is 2.27. The average Bonchev–Trinajstić information content (AvgIpc) is 3.22. The van der Waals surface area contributed by atoms with Gasteiger partial charge in [0.15, 0.2) is 6.61 Å². The normalized spacial score (nSPS) is 13.1. The maximum Gasteiger partial charge on any atom is 0.356 e. The van der Waals surface area contributed by atoms with Crippen molar-refractivity contribution in [2.75, 3.05) is 18.1 Å². The maximum atomic E-state index is 12.6. The van der Waals surface area contributed by atoms with Crippen molar-refractivity contribution in [3.05, 3.63) is 70.9 Å². The average molecular weight is 396 g/mol. The van der Waals surface area contributed by atoms with Crippen molar-refractivity contribution in [3.8, 4) is 11.3 Å². The van der Waals surface area contributed by atoms with Gasteiger partial charge in [-0.3, -0.25) is 9.89 Å². The van der Waals surface area contributed by atoms with Crippen LogP contribution in [0.1, 0.15) is 22.5 Å². The van der Waals surface area contributed by atoms with Crippen LogP contribution in [0.4, 0.5) is 5.69 Å². The van der Waals surface area contributed by atoms with Gasteiger partial charge in [-0.15, -0.1) is 0 Å². The van der Waals surface area contributed by atoms with Crippen molar-refractivity contribution in [2.24, 2.45) is 0 Å². The van der Waals surface area contributed by atoms with E-state index in [0.717, 1.165) is 24.1 Å². The van der Waals surface area contributed by atoms with Crippen molar-refractivity contribution in [2.45, 2.75) is 12.8 Å². The number of aromatic amines is 1. The van der Waals surface area contributed by atoms with Gasteiger partial charge in [-0.2, -0.15) is 5.10 Å². The predicted octanol–water partition coefficient (Wildman–Crippen LogP) is 3.87. The number of anilines is 1. The van der Waals surface area contributed by atoms with Crippen LogP contribution in [0.15, 0.2) is 54.6 Å². The summed E-state index contributed by atoms with van der Waals surface area (Å²) < 4.78 is 5.20. The third-order valence-electron chi connectivity index (χ3n) is 4.69. The molecule has 1 aliphatic heterocycles. The lowest BCUT2D eigenvalue weighted by atomic mass is 10.0. The standard InChI is InChI=1S/C21H18ClN3O3/c22-16-9-3-2-8-15(16)17-12-18(24-23-17)21(27)28-13-20(26)25-11-5-7-14-6-1-4-10-19(14)25/h1-4,6,8-10,12H,5,7,11,13H2,(H,23,24). The second kappa shape index (κ2) is 7.86. The molecule has 0 bridgehead atoms. The van der Waals surface area contributed by atoms with E-state index in [1.54, 1.807) is 17.0 Å². The summed E-state index contributed by atoms with van der Waals surface area (Å²) in [6.45, 7) is 0.293. The Morgan fingerprint density at radius 1 is 1.14 bits per heavy atom. The zero-order valence-electron chi connectivity index (χ0n) is 15.0. The minimum atomic E-state index is -0.635. The number of fused-ring (bicyclic) bond motifs is 1. The van der Waals surface area contributed by atoms with Crippen LogP contribution < -0.4 is 4.90 Å². The molecule has 0 fully saturated rings. The fourth-order valence-corrected chi connectivity index (χ4v) is 3.54. The van der Waals surface area contributed by atoms with Crippen LogP contribution in [0.5, 0.6) is 0 Å². The molecule has 1 aliphatic rings. The molecule has 142 valence electrons. The van der Waals surface area contributed by atoms with Crippen LogP contribution in [0.25, 0.3) is 11.3 Å². The Bertz CT molecular complexity index is 1030. The van der Waals surface area contributed by atoms with E-state index in [0.29, 0.717) is 22.8 Å². The fourth-order valence-electron chi connectivity index (χ4n) is 3.31. The Hall–Kier alpha value is -3.12. The summed E-state index contributed by atoms with van der Waals surface area (Å²) in [7, 11) is 0. The number of aryl methyl sites for hydroxylation is 1. The van der Waals surface area contributed by atoms with Crippen LogP contribution in [0.3, 0.4) is 0 Å². The van der Waals surface area contributed by atoms with Gasteiger partial charge >= 0.3 is 5.97 Å². The zero-order chi connectivity index (χ0) is 19.5. The molecule has 4 rings (SSSR count). The molecule has 0 atom stereocenters. The number of nitrogens with zero attached hydrogens (tertiary/aromatic N) is 2. The third kappa shape index (κ3) is 3.64. The van der Waals surface area contributed by atoms with Crippen molar-refractivity contribution in [1.29, 1.82) is 0 Å². The Labute approximate surface area is 167 Å². The second-order valence-electron chi connectivity index (χ2n) is 6.50. The van der Waals surface area contributed by atoms with Gasteiger partial charge in [0.05, 0.1) is 10.7 Å². The maximum absolute atomic E-state index is 12.6. The molecule has 2 heterocycles. The number of carbonyl (C=O) groups is 2. The van der Waals surface area contributed by atoms with Crippen molar-refractivity contribution in [1.82, 2.24) is 10.2 Å². The Morgan fingerprint density at radius 3 is 2.79 bits per heavy atom. The van der Waals surface area contributed by atoms with E-state index in [2.05, 4.69) is 10.2 Å². The molecule has 0 unspecified atom stereocenters. The molecule has 1 N–H and O–H groups in total. The Balaban J connectivity index is 1.42. The molecule has 0 saturated heterocycles. The number of rotatable bonds is 4. The van der Waals surface area contributed by atoms with Crippen LogP contribution in [0.2, 0.25) is 5.02 Å². The van der Waals surface area contributed by atoms with Gasteiger partial charge in [-0.1, -0.05) is 48.0 Å². The quantitative estimate of drug-likeness (QED) is 0.680. The first kappa shape index (κ1) is 18.3. The molecule has 1 amide bonds. The smallest absolute Gasteiger partial charge is 0.356 e. The summed E-state index contributed by atoms with van der Waals surface area (Å²) >= 11 is 6.16. The minimum Gasteiger partial charge on any atom is -0.451 e. The van der Waals surface area contributed by atoms with E-state index >= 15 is 0 Å². The first-order valence-corrected chi connectivity index (χ1v) is 9.37. The zero-order valence-corrected chi connectivity index (χ0v) is 15.8. The second-order valence-corrected chi connectivity index (χ2v) is 6.91. The SMILES string of the molecule is O=C(OCC(=O)N1CCCc2ccccc21)c1cc(-c2ccccc2Cl)n[nH]1. The molecule has 3 aromatic rings. The van der Waals surface area contributed by atoms with Crippen LogP contribution in [0, 0.1) is 0 Å². The van der Waals surface area contributed by atoms with E-state index in [1.807, 2.05) is 42.5 Å². The summed E-state index contributed by atoms with van der Waals surface area (Å²) in [6, 6.07) is 16.6. The number of hydrogen-bond acceptors (Lipinski definition) is 4. The van der Waals surface area contributed by atoms with E-state index < -0.39 is 5.97 Å². The summed E-state index contributed by atoms with van der Waals surface area (Å²) in [6.07, 6.45) is 1.83. The van der Waals surface area contributed by atoms with Gasteiger partial charge < -0.3 is 9.64 Å². The number of para-hydroxylation sites is 1. The summed E-state index contributed by atoms with van der Waals surface area (Å²) in [5, 5.41) is 7.29. The number of benzene rings is 2. The van der Waals surface area contributed by atoms with Gasteiger partial charge in [0.1, 0.15) is 5.69 Å². The van der Waals surface area contributed by atoms with Gasteiger partial charge in [0.2, 0.25) is 0 Å². The number of halogens is 1. The first-order chi connectivity index (χ1) is 13.6. The van der Waals surface area contributed by atoms with Crippen LogP contribution in [-0.2, 0) is 16.0 Å². The molecule has 6 nitrogen and oxygen atoms in total. The van der Waals surface area contributed by atoms with Crippen molar-refractivity contribution in [3.63, 3.8) is 0 Å². The van der Waals surface area contributed by atoms with E-state index in [-0.39, 0.29) is 18.2 Å². The number of esters is 1. The number of amides is 1. The number of carbonyl (C=O) groups excluding carboxylic acids is 2. The van der Waals surface area contributed by atoms with Crippen LogP contribution >= 0.6 is 11.6 Å². The lowest BCUT2D eigenvalue weighted by molar-refractivity contribution is -0.121. The predicted molar refractivity (Wildman–Crippen MR) is 106 cm³/mol. The molecule has 0 radical (unpaired) electrons. The highest BCUT2D eigenvalue weighted by Gasteiger charge is 2.23. The number of H-pyrrole nitrogens is 1. The van der Waals surface area contributed by atoms with Gasteiger partial charge in [-0.25, -0.2) is 4.79 Å². The lowest BCUT2D eigenvalue weighted by Gasteiger charge is -2.29. The van der Waals surface area contributed by atoms with Gasteiger partial charge in [0, 0.05) is 17.8 Å². The van der Waals surface area contributed by atoms with E-state index in [4.69, 9.17) is 16.3 Å². The molecule has 0 spiro atoms. The van der Waals surface area contributed by atoms with Gasteiger partial charge in [0.25, 0.3) is 5.91 Å². The molecule has 28 heavy (non-hydrogen) atoms. The molecule has 7 heteroatoms. The Kier molecular flexibility index (Phi) is 5.12. The number of aromatic nitrogens is 2. The Morgan fingerprint density at radius 2 is 1.93 bits per heavy atom. The lowest BCUT2D eigenvalue weighted by Crippen LogP contribution is -2.38. The van der Waals surface area contributed by atoms with Gasteiger partial charge in [-0.05, 0) is 36.6 Å². The summed E-state index contributed by atoms with van der Waals surface area (Å²) in [4.78, 5) is 26.6. The van der Waals surface area contributed by atoms with E-state index in [1.165, 1.54) is 0 Å². The van der Waals surface area contributed by atoms with Crippen molar-refractivity contribution >= 4 is 29.2 Å². The molecular weight excluding hydrogens is 378 g/mol. The number of ether oxygens (including phenoxy) is 1.